The molecule has 0 bridgehead atoms. The highest BCUT2D eigenvalue weighted by molar-refractivity contribution is 14.0. The number of likely N-dealkylation sites (tertiary alicyclic amines) is 1. The van der Waals surface area contributed by atoms with Gasteiger partial charge in [-0.15, -0.1) is 24.0 Å². The minimum Gasteiger partial charge on any atom is -0.357 e. The zero-order valence-electron chi connectivity index (χ0n) is 18.6. The summed E-state index contributed by atoms with van der Waals surface area (Å²) in [7, 11) is -2.98. The average Bonchev–Trinajstić information content (AvgIpc) is 3.20. The molecule has 10 heteroatoms. The second kappa shape index (κ2) is 10.8. The lowest BCUT2D eigenvalue weighted by molar-refractivity contribution is -0.135. The van der Waals surface area contributed by atoms with E-state index in [1.807, 2.05) is 18.7 Å². The van der Waals surface area contributed by atoms with Crippen LogP contribution in [0.25, 0.3) is 0 Å². The second-order valence-corrected chi connectivity index (χ2v) is 11.1. The van der Waals surface area contributed by atoms with Crippen LogP contribution < -0.4 is 5.32 Å². The molecule has 1 unspecified atom stereocenters. The van der Waals surface area contributed by atoms with Crippen LogP contribution in [0.1, 0.15) is 39.5 Å². The van der Waals surface area contributed by atoms with Crippen molar-refractivity contribution in [2.45, 2.75) is 45.6 Å². The number of rotatable bonds is 7. The standard InChI is InChI=1S/C20H37N5O3S.HI/c1-4-21-19(22-15-20(7-8-20)16-29(3,27)28)25-13-11-23(12-14-25)17(2)18(26)24-9-5-6-10-24;/h17H,4-16H2,1-3H3,(H,21,22);1H. The zero-order valence-corrected chi connectivity index (χ0v) is 21.7. The molecular weight excluding hydrogens is 517 g/mol. The fraction of sp³-hybridized carbons (Fsp3) is 0.900. The lowest BCUT2D eigenvalue weighted by atomic mass is 10.1. The monoisotopic (exact) mass is 555 g/mol. The van der Waals surface area contributed by atoms with Crippen LogP contribution in [0.2, 0.25) is 0 Å². The Morgan fingerprint density at radius 2 is 1.67 bits per heavy atom. The van der Waals surface area contributed by atoms with E-state index in [9.17, 15) is 13.2 Å². The van der Waals surface area contributed by atoms with E-state index in [1.54, 1.807) is 0 Å². The first-order valence-corrected chi connectivity index (χ1v) is 13.0. The molecule has 1 amide bonds. The summed E-state index contributed by atoms with van der Waals surface area (Å²) in [5.41, 5.74) is -0.160. The summed E-state index contributed by atoms with van der Waals surface area (Å²) in [6, 6.07) is -0.0701. The van der Waals surface area contributed by atoms with Crippen LogP contribution in [-0.4, -0.2) is 105 Å². The predicted molar refractivity (Wildman–Crippen MR) is 131 cm³/mol. The van der Waals surface area contributed by atoms with Gasteiger partial charge in [-0.25, -0.2) is 8.42 Å². The topological polar surface area (TPSA) is 85.3 Å². The normalized spacial score (nSPS) is 23.1. The first-order valence-electron chi connectivity index (χ1n) is 11.0. The Bertz CT molecular complexity index is 712. The van der Waals surface area contributed by atoms with Crippen LogP contribution in [0, 0.1) is 5.41 Å². The van der Waals surface area contributed by atoms with E-state index in [0.29, 0.717) is 6.54 Å². The van der Waals surface area contributed by atoms with E-state index in [-0.39, 0.29) is 47.1 Å². The molecule has 0 radical (unpaired) electrons. The smallest absolute Gasteiger partial charge is 0.239 e. The van der Waals surface area contributed by atoms with E-state index >= 15 is 0 Å². The van der Waals surface area contributed by atoms with E-state index in [2.05, 4.69) is 15.1 Å². The van der Waals surface area contributed by atoms with Crippen molar-refractivity contribution >= 4 is 45.7 Å². The Morgan fingerprint density at radius 3 is 2.17 bits per heavy atom. The molecule has 8 nitrogen and oxygen atoms in total. The second-order valence-electron chi connectivity index (χ2n) is 8.97. The highest BCUT2D eigenvalue weighted by Crippen LogP contribution is 2.46. The number of amides is 1. The summed E-state index contributed by atoms with van der Waals surface area (Å²) in [6.07, 6.45) is 5.43. The summed E-state index contributed by atoms with van der Waals surface area (Å²) in [6.45, 7) is 10.5. The predicted octanol–water partition coefficient (Wildman–Crippen LogP) is 1.02. The summed E-state index contributed by atoms with van der Waals surface area (Å²) in [5.74, 6) is 1.35. The fourth-order valence-electron chi connectivity index (χ4n) is 4.43. The Morgan fingerprint density at radius 1 is 1.07 bits per heavy atom. The van der Waals surface area contributed by atoms with E-state index < -0.39 is 9.84 Å². The molecule has 1 saturated carbocycles. The SMILES string of the molecule is CCNC(=NCC1(CS(C)(=O)=O)CC1)N1CCN(C(C)C(=O)N2CCCC2)CC1.I. The van der Waals surface area contributed by atoms with Gasteiger partial charge in [-0.2, -0.15) is 0 Å². The molecule has 0 aromatic heterocycles. The summed E-state index contributed by atoms with van der Waals surface area (Å²) in [4.78, 5) is 24.0. The summed E-state index contributed by atoms with van der Waals surface area (Å²) < 4.78 is 23.4. The number of carbonyl (C=O) groups excluding carboxylic acids is 1. The molecule has 3 rings (SSSR count). The van der Waals surface area contributed by atoms with E-state index in [0.717, 1.165) is 77.5 Å². The molecule has 3 fully saturated rings. The maximum Gasteiger partial charge on any atom is 0.239 e. The summed E-state index contributed by atoms with van der Waals surface area (Å²) >= 11 is 0. The number of carbonyl (C=O) groups is 1. The molecule has 174 valence electrons. The highest BCUT2D eigenvalue weighted by Gasteiger charge is 2.45. The van der Waals surface area contributed by atoms with Gasteiger partial charge in [0.1, 0.15) is 9.84 Å². The van der Waals surface area contributed by atoms with Gasteiger partial charge in [0.05, 0.1) is 11.8 Å². The molecule has 0 aromatic carbocycles. The summed E-state index contributed by atoms with van der Waals surface area (Å²) in [5, 5.41) is 3.36. The van der Waals surface area contributed by atoms with Gasteiger partial charge in [0.2, 0.25) is 5.91 Å². The fourth-order valence-corrected chi connectivity index (χ4v) is 5.92. The third-order valence-electron chi connectivity index (χ3n) is 6.36. The van der Waals surface area contributed by atoms with Gasteiger partial charge in [-0.1, -0.05) is 0 Å². The van der Waals surface area contributed by atoms with Crippen molar-refractivity contribution in [2.24, 2.45) is 10.4 Å². The maximum atomic E-state index is 12.7. The van der Waals surface area contributed by atoms with Gasteiger partial charge in [-0.05, 0) is 39.5 Å². The quantitative estimate of drug-likeness (QED) is 0.287. The van der Waals surface area contributed by atoms with Gasteiger partial charge in [0.15, 0.2) is 5.96 Å². The number of hydrogen-bond acceptors (Lipinski definition) is 5. The molecular formula is C20H38IN5O3S. The molecule has 3 aliphatic rings. The molecule has 30 heavy (non-hydrogen) atoms. The average molecular weight is 556 g/mol. The van der Waals surface area contributed by atoms with Crippen molar-refractivity contribution in [2.75, 3.05) is 64.4 Å². The third-order valence-corrected chi connectivity index (χ3v) is 7.50. The Balaban J connectivity index is 0.00000320. The number of nitrogens with zero attached hydrogens (tertiary/aromatic N) is 4. The minimum absolute atomic E-state index is 0. The number of halogens is 1. The van der Waals surface area contributed by atoms with Crippen LogP contribution in [0.3, 0.4) is 0 Å². The van der Waals surface area contributed by atoms with Crippen LogP contribution in [0.15, 0.2) is 4.99 Å². The minimum atomic E-state index is -2.98. The first-order chi connectivity index (χ1) is 13.7. The van der Waals surface area contributed by atoms with Crippen LogP contribution in [0.4, 0.5) is 0 Å². The number of nitrogens with one attached hydrogen (secondary N) is 1. The lowest BCUT2D eigenvalue weighted by Crippen LogP contribution is -2.57. The number of sulfone groups is 1. The Hall–Kier alpha value is -0.620. The van der Waals surface area contributed by atoms with Crippen molar-refractivity contribution < 1.29 is 13.2 Å². The molecule has 0 spiro atoms. The lowest BCUT2D eigenvalue weighted by Gasteiger charge is -2.39. The molecule has 2 heterocycles. The Kier molecular flexibility index (Phi) is 9.23. The molecule has 2 aliphatic heterocycles. The van der Waals surface area contributed by atoms with Crippen molar-refractivity contribution in [1.29, 1.82) is 0 Å². The zero-order chi connectivity index (χ0) is 21.1. The van der Waals surface area contributed by atoms with Gasteiger partial charge < -0.3 is 15.1 Å². The van der Waals surface area contributed by atoms with Crippen molar-refractivity contribution in [3.8, 4) is 0 Å². The molecule has 0 aromatic rings. The molecule has 1 atom stereocenters. The number of aliphatic imine (C=N–C) groups is 1. The number of hydrogen-bond donors (Lipinski definition) is 1. The molecule has 1 aliphatic carbocycles. The van der Waals surface area contributed by atoms with E-state index in [1.165, 1.54) is 6.26 Å². The van der Waals surface area contributed by atoms with Crippen LogP contribution >= 0.6 is 24.0 Å². The van der Waals surface area contributed by atoms with E-state index in [4.69, 9.17) is 4.99 Å². The van der Waals surface area contributed by atoms with Crippen molar-refractivity contribution in [3.63, 3.8) is 0 Å². The van der Waals surface area contributed by atoms with Gasteiger partial charge in [0.25, 0.3) is 0 Å². The maximum absolute atomic E-state index is 12.7. The third kappa shape index (κ3) is 6.94. The molecule has 1 N–H and O–H groups in total. The van der Waals surface area contributed by atoms with Gasteiger partial charge >= 0.3 is 0 Å². The number of piperazine rings is 1. The highest BCUT2D eigenvalue weighted by atomic mass is 127. The largest absolute Gasteiger partial charge is 0.357 e. The van der Waals surface area contributed by atoms with Gasteiger partial charge in [0, 0.05) is 64.0 Å². The number of guanidine groups is 1. The van der Waals surface area contributed by atoms with Crippen LogP contribution in [-0.2, 0) is 14.6 Å². The first kappa shape index (κ1) is 25.6. The molecule has 2 saturated heterocycles. The van der Waals surface area contributed by atoms with Crippen LogP contribution in [0.5, 0.6) is 0 Å². The van der Waals surface area contributed by atoms with Crippen molar-refractivity contribution in [1.82, 2.24) is 20.0 Å². The Labute approximate surface area is 198 Å². The van der Waals surface area contributed by atoms with Crippen molar-refractivity contribution in [3.05, 3.63) is 0 Å². The van der Waals surface area contributed by atoms with Gasteiger partial charge in [-0.3, -0.25) is 14.7 Å².